The summed E-state index contributed by atoms with van der Waals surface area (Å²) >= 11 is 0. The van der Waals surface area contributed by atoms with E-state index in [0.29, 0.717) is 41.0 Å². The minimum absolute atomic E-state index is 0.0248. The number of hydrogen-bond acceptors (Lipinski definition) is 4. The Hall–Kier alpha value is -3.39. The number of hydrogen-bond donors (Lipinski definition) is 2. The molecule has 0 bridgehead atoms. The molecule has 2 fully saturated rings. The van der Waals surface area contributed by atoms with Gasteiger partial charge in [0.05, 0.1) is 11.3 Å². The number of amides is 1. The van der Waals surface area contributed by atoms with Gasteiger partial charge in [0.1, 0.15) is 17.5 Å². The summed E-state index contributed by atoms with van der Waals surface area (Å²) in [4.78, 5) is 19.6. The zero-order valence-electron chi connectivity index (χ0n) is 18.6. The maximum absolute atomic E-state index is 14.1. The highest BCUT2D eigenvalue weighted by atomic mass is 19.1. The van der Waals surface area contributed by atoms with Crippen molar-refractivity contribution in [2.75, 3.05) is 24.5 Å². The summed E-state index contributed by atoms with van der Waals surface area (Å²) in [6, 6.07) is 9.33. The number of nitrogens with zero attached hydrogens (tertiary/aromatic N) is 2. The van der Waals surface area contributed by atoms with Crippen LogP contribution < -0.4 is 15.5 Å². The fourth-order valence-electron chi connectivity index (χ4n) is 5.09. The van der Waals surface area contributed by atoms with Crippen molar-refractivity contribution in [2.45, 2.75) is 31.3 Å². The molecule has 8 heteroatoms. The first kappa shape index (κ1) is 22.4. The molecule has 34 heavy (non-hydrogen) atoms. The molecular formula is C26H25F3N4O. The summed E-state index contributed by atoms with van der Waals surface area (Å²) < 4.78 is 41.7. The second kappa shape index (κ2) is 9.10. The average molecular weight is 467 g/mol. The van der Waals surface area contributed by atoms with Crippen molar-refractivity contribution < 1.29 is 18.0 Å². The van der Waals surface area contributed by atoms with Crippen LogP contribution in [0, 0.1) is 17.5 Å². The molecule has 1 aromatic heterocycles. The molecule has 5 rings (SSSR count). The molecule has 2 N–H and O–H groups in total. The van der Waals surface area contributed by atoms with E-state index < -0.39 is 11.6 Å². The number of carbonyl (C=O) groups is 1. The molecule has 2 saturated heterocycles. The van der Waals surface area contributed by atoms with Gasteiger partial charge in [-0.05, 0) is 61.2 Å². The number of pyridine rings is 1. The average Bonchev–Trinajstić information content (AvgIpc) is 3.46. The largest absolute Gasteiger partial charge is 0.368 e. The highest BCUT2D eigenvalue weighted by molar-refractivity contribution is 6.03. The minimum atomic E-state index is -0.697. The van der Waals surface area contributed by atoms with Gasteiger partial charge in [0.15, 0.2) is 0 Å². The number of rotatable bonds is 5. The number of nitrogens with one attached hydrogen (secondary N) is 2. The van der Waals surface area contributed by atoms with E-state index in [1.165, 1.54) is 30.5 Å². The third-order valence-corrected chi connectivity index (χ3v) is 6.68. The van der Waals surface area contributed by atoms with Gasteiger partial charge in [0.25, 0.3) is 5.91 Å². The normalized spacial score (nSPS) is 19.7. The third-order valence-electron chi connectivity index (χ3n) is 6.68. The first-order valence-corrected chi connectivity index (χ1v) is 11.4. The SMILES string of the molecule is O=C(NCc1cccc(F)c1)c1cncc(-c2cc(F)cc(F)c2)c1N1CCC2(CCCN2)C1. The lowest BCUT2D eigenvalue weighted by molar-refractivity contribution is 0.0951. The predicted molar refractivity (Wildman–Crippen MR) is 124 cm³/mol. The Morgan fingerprint density at radius 3 is 2.62 bits per heavy atom. The second-order valence-electron chi connectivity index (χ2n) is 9.04. The zero-order valence-corrected chi connectivity index (χ0v) is 18.6. The molecule has 2 aliphatic heterocycles. The molecule has 176 valence electrons. The van der Waals surface area contributed by atoms with E-state index in [9.17, 15) is 18.0 Å². The fraction of sp³-hybridized carbons (Fsp3) is 0.308. The molecule has 1 amide bonds. The quantitative estimate of drug-likeness (QED) is 0.584. The van der Waals surface area contributed by atoms with Crippen molar-refractivity contribution in [2.24, 2.45) is 0 Å². The van der Waals surface area contributed by atoms with Crippen LogP contribution in [-0.2, 0) is 6.54 Å². The van der Waals surface area contributed by atoms with Crippen LogP contribution in [0.5, 0.6) is 0 Å². The van der Waals surface area contributed by atoms with E-state index in [0.717, 1.165) is 31.9 Å². The number of carbonyl (C=O) groups excluding carboxylic acids is 1. The molecule has 5 nitrogen and oxygen atoms in total. The van der Waals surface area contributed by atoms with E-state index in [1.807, 2.05) is 0 Å². The van der Waals surface area contributed by atoms with Crippen LogP contribution >= 0.6 is 0 Å². The monoisotopic (exact) mass is 466 g/mol. The Morgan fingerprint density at radius 1 is 1.06 bits per heavy atom. The number of halogens is 3. The molecule has 0 saturated carbocycles. The second-order valence-corrected chi connectivity index (χ2v) is 9.04. The molecule has 1 unspecified atom stereocenters. The van der Waals surface area contributed by atoms with Gasteiger partial charge in [-0.3, -0.25) is 9.78 Å². The standard InChI is InChI=1S/C26H25F3N4O/c27-19-4-1-3-17(9-19)13-31-25(34)23-15-30-14-22(18-10-20(28)12-21(29)11-18)24(23)33-8-6-26(16-33)5-2-7-32-26/h1,3-4,9-12,14-15,32H,2,5-8,13,16H2,(H,31,34). The smallest absolute Gasteiger partial charge is 0.255 e. The van der Waals surface area contributed by atoms with E-state index in [-0.39, 0.29) is 23.8 Å². The Kier molecular flexibility index (Phi) is 6.00. The van der Waals surface area contributed by atoms with E-state index in [4.69, 9.17) is 0 Å². The molecule has 0 aliphatic carbocycles. The predicted octanol–water partition coefficient (Wildman–Crippen LogP) is 4.43. The summed E-state index contributed by atoms with van der Waals surface area (Å²) in [7, 11) is 0. The van der Waals surface area contributed by atoms with Crippen molar-refractivity contribution >= 4 is 11.6 Å². The van der Waals surface area contributed by atoms with Crippen molar-refractivity contribution in [3.8, 4) is 11.1 Å². The van der Waals surface area contributed by atoms with Gasteiger partial charge in [-0.15, -0.1) is 0 Å². The molecule has 2 aromatic carbocycles. The van der Waals surface area contributed by atoms with Gasteiger partial charge >= 0.3 is 0 Å². The molecule has 1 atom stereocenters. The topological polar surface area (TPSA) is 57.3 Å². The Bertz CT molecular complexity index is 1210. The Labute approximate surface area is 196 Å². The van der Waals surface area contributed by atoms with Crippen molar-refractivity contribution in [3.05, 3.63) is 83.4 Å². The van der Waals surface area contributed by atoms with Crippen LogP contribution in [0.15, 0.2) is 54.9 Å². The van der Waals surface area contributed by atoms with Crippen molar-refractivity contribution in [1.29, 1.82) is 0 Å². The Morgan fingerprint density at radius 2 is 1.88 bits per heavy atom. The lowest BCUT2D eigenvalue weighted by Crippen LogP contribution is -2.42. The lowest BCUT2D eigenvalue weighted by atomic mass is 9.96. The maximum atomic E-state index is 14.1. The van der Waals surface area contributed by atoms with E-state index >= 15 is 0 Å². The van der Waals surface area contributed by atoms with Crippen LogP contribution in [-0.4, -0.2) is 36.1 Å². The first-order chi connectivity index (χ1) is 16.4. The van der Waals surface area contributed by atoms with Gasteiger partial charge < -0.3 is 15.5 Å². The van der Waals surface area contributed by atoms with Crippen molar-refractivity contribution in [3.63, 3.8) is 0 Å². The molecule has 3 aromatic rings. The number of benzene rings is 2. The number of aromatic nitrogens is 1. The molecular weight excluding hydrogens is 441 g/mol. The van der Waals surface area contributed by atoms with Crippen LogP contribution in [0.2, 0.25) is 0 Å². The molecule has 3 heterocycles. The first-order valence-electron chi connectivity index (χ1n) is 11.4. The lowest BCUT2D eigenvalue weighted by Gasteiger charge is -2.28. The van der Waals surface area contributed by atoms with Gasteiger partial charge in [0.2, 0.25) is 0 Å². The van der Waals surface area contributed by atoms with Gasteiger partial charge in [0, 0.05) is 49.2 Å². The maximum Gasteiger partial charge on any atom is 0.255 e. The van der Waals surface area contributed by atoms with Crippen LogP contribution in [0.4, 0.5) is 18.9 Å². The van der Waals surface area contributed by atoms with Gasteiger partial charge in [-0.2, -0.15) is 0 Å². The molecule has 1 spiro atoms. The summed E-state index contributed by atoms with van der Waals surface area (Å²) in [6.45, 7) is 2.48. The van der Waals surface area contributed by atoms with Gasteiger partial charge in [-0.1, -0.05) is 12.1 Å². The highest BCUT2D eigenvalue weighted by Crippen LogP contribution is 2.40. The number of anilines is 1. The molecule has 2 aliphatic rings. The van der Waals surface area contributed by atoms with Crippen LogP contribution in [0.1, 0.15) is 35.2 Å². The highest BCUT2D eigenvalue weighted by Gasteiger charge is 2.41. The molecule has 0 radical (unpaired) electrons. The van der Waals surface area contributed by atoms with E-state index in [2.05, 4.69) is 20.5 Å². The summed E-state index contributed by atoms with van der Waals surface area (Å²) in [5.74, 6) is -2.16. The summed E-state index contributed by atoms with van der Waals surface area (Å²) in [5.41, 5.74) is 2.33. The summed E-state index contributed by atoms with van der Waals surface area (Å²) in [6.07, 6.45) is 6.06. The van der Waals surface area contributed by atoms with Crippen LogP contribution in [0.25, 0.3) is 11.1 Å². The Balaban J connectivity index is 1.52. The fourth-order valence-corrected chi connectivity index (χ4v) is 5.09. The van der Waals surface area contributed by atoms with Crippen LogP contribution in [0.3, 0.4) is 0 Å². The van der Waals surface area contributed by atoms with E-state index in [1.54, 1.807) is 18.3 Å². The summed E-state index contributed by atoms with van der Waals surface area (Å²) in [5, 5.41) is 6.43. The third kappa shape index (κ3) is 4.50. The van der Waals surface area contributed by atoms with Gasteiger partial charge in [-0.25, -0.2) is 13.2 Å². The van der Waals surface area contributed by atoms with Crippen molar-refractivity contribution in [1.82, 2.24) is 15.6 Å². The minimum Gasteiger partial charge on any atom is -0.368 e. The zero-order chi connectivity index (χ0) is 23.7.